The van der Waals surface area contributed by atoms with Gasteiger partial charge in [-0.3, -0.25) is 0 Å². The summed E-state index contributed by atoms with van der Waals surface area (Å²) in [5.74, 6) is 0. The zero-order valence-corrected chi connectivity index (χ0v) is 18.3. The van der Waals surface area contributed by atoms with Crippen molar-refractivity contribution in [3.63, 3.8) is 0 Å². The van der Waals surface area contributed by atoms with Crippen LogP contribution in [-0.2, 0) is 0 Å². The van der Waals surface area contributed by atoms with Gasteiger partial charge in [-0.15, -0.1) is 22.7 Å². The Hall–Kier alpha value is -4.10. The third-order valence-electron chi connectivity index (χ3n) is 4.85. The Morgan fingerprint density at radius 2 is 1.03 bits per heavy atom. The highest BCUT2D eigenvalue weighted by Crippen LogP contribution is 2.29. The van der Waals surface area contributed by atoms with Crippen LogP contribution >= 0.6 is 22.7 Å². The maximum atomic E-state index is 9.65. The van der Waals surface area contributed by atoms with E-state index >= 15 is 0 Å². The number of nitriles is 2. The molecule has 2 aromatic heterocycles. The molecular formula is C26H14N4S2. The first kappa shape index (κ1) is 19.8. The van der Waals surface area contributed by atoms with Crippen molar-refractivity contribution >= 4 is 66.4 Å². The predicted octanol–water partition coefficient (Wildman–Crippen LogP) is 7.03. The van der Waals surface area contributed by atoms with E-state index in [0.717, 1.165) is 31.6 Å². The van der Waals surface area contributed by atoms with Gasteiger partial charge in [0.1, 0.15) is 22.2 Å². The van der Waals surface area contributed by atoms with Crippen LogP contribution in [0.2, 0.25) is 0 Å². The SMILES string of the molecule is N#C/C(=C/c1ccc(/C=C(\C#N)c2nc3ccccc3s2)cc1)c1nc2ccccc2s1. The molecule has 0 saturated heterocycles. The largest absolute Gasteiger partial charge is 0.235 e. The number of para-hydroxylation sites is 2. The molecular weight excluding hydrogens is 432 g/mol. The summed E-state index contributed by atoms with van der Waals surface area (Å²) in [5.41, 5.74) is 4.65. The topological polar surface area (TPSA) is 73.4 Å². The molecule has 0 unspecified atom stereocenters. The van der Waals surface area contributed by atoms with Gasteiger partial charge in [-0.2, -0.15) is 10.5 Å². The number of allylic oxidation sites excluding steroid dienone is 2. The molecule has 3 aromatic carbocycles. The Morgan fingerprint density at radius 3 is 1.41 bits per heavy atom. The van der Waals surface area contributed by atoms with Crippen LogP contribution in [0.15, 0.2) is 72.8 Å². The molecule has 0 atom stereocenters. The third kappa shape index (κ3) is 3.93. The number of benzene rings is 3. The summed E-state index contributed by atoms with van der Waals surface area (Å²) in [4.78, 5) is 9.15. The zero-order valence-electron chi connectivity index (χ0n) is 16.7. The van der Waals surface area contributed by atoms with Gasteiger partial charge in [0, 0.05) is 0 Å². The van der Waals surface area contributed by atoms with Crippen molar-refractivity contribution in [3.05, 3.63) is 93.9 Å². The first-order chi connectivity index (χ1) is 15.7. The monoisotopic (exact) mass is 446 g/mol. The summed E-state index contributed by atoms with van der Waals surface area (Å²) in [6, 6.07) is 28.0. The van der Waals surface area contributed by atoms with Gasteiger partial charge in [0.05, 0.1) is 31.6 Å². The highest BCUT2D eigenvalue weighted by atomic mass is 32.1. The second-order valence-corrected chi connectivity index (χ2v) is 9.04. The minimum atomic E-state index is 0.529. The van der Waals surface area contributed by atoms with E-state index in [1.807, 2.05) is 84.9 Å². The smallest absolute Gasteiger partial charge is 0.135 e. The summed E-state index contributed by atoms with van der Waals surface area (Å²) in [6.07, 6.45) is 3.67. The Kier molecular flexibility index (Phi) is 5.31. The number of thiazole rings is 2. The van der Waals surface area contributed by atoms with Crippen LogP contribution < -0.4 is 0 Å². The second kappa shape index (κ2) is 8.56. The van der Waals surface area contributed by atoms with Crippen LogP contribution in [0.5, 0.6) is 0 Å². The molecule has 0 aliphatic heterocycles. The number of aromatic nitrogens is 2. The van der Waals surface area contributed by atoms with Crippen molar-refractivity contribution < 1.29 is 0 Å². The lowest BCUT2D eigenvalue weighted by atomic mass is 10.1. The van der Waals surface area contributed by atoms with E-state index in [1.54, 1.807) is 0 Å². The zero-order chi connectivity index (χ0) is 21.9. The number of fused-ring (bicyclic) bond motifs is 2. The fourth-order valence-electron chi connectivity index (χ4n) is 3.28. The van der Waals surface area contributed by atoms with E-state index in [0.29, 0.717) is 21.2 Å². The lowest BCUT2D eigenvalue weighted by molar-refractivity contribution is 1.43. The minimum Gasteiger partial charge on any atom is -0.235 e. The van der Waals surface area contributed by atoms with Crippen LogP contribution in [0.4, 0.5) is 0 Å². The number of nitrogens with zero attached hydrogens (tertiary/aromatic N) is 4. The number of hydrogen-bond acceptors (Lipinski definition) is 6. The van der Waals surface area contributed by atoms with Crippen LogP contribution in [0.3, 0.4) is 0 Å². The highest BCUT2D eigenvalue weighted by Gasteiger charge is 2.10. The van der Waals surface area contributed by atoms with E-state index in [1.165, 1.54) is 22.7 Å². The van der Waals surface area contributed by atoms with Crippen molar-refractivity contribution in [2.75, 3.05) is 0 Å². The lowest BCUT2D eigenvalue weighted by Gasteiger charge is -1.99. The van der Waals surface area contributed by atoms with E-state index in [-0.39, 0.29) is 0 Å². The molecule has 0 aliphatic rings. The van der Waals surface area contributed by atoms with Gasteiger partial charge in [0.2, 0.25) is 0 Å². The summed E-state index contributed by atoms with van der Waals surface area (Å²) in [5, 5.41) is 20.7. The van der Waals surface area contributed by atoms with Crippen LogP contribution in [0, 0.1) is 22.7 Å². The average Bonchev–Trinajstić information content (AvgIpc) is 3.46. The second-order valence-electron chi connectivity index (χ2n) is 6.98. The Labute approximate surface area is 192 Å². The third-order valence-corrected chi connectivity index (χ3v) is 6.99. The van der Waals surface area contributed by atoms with Gasteiger partial charge in [0.15, 0.2) is 0 Å². The van der Waals surface area contributed by atoms with Gasteiger partial charge in [-0.25, -0.2) is 9.97 Å². The molecule has 0 amide bonds. The number of hydrogen-bond donors (Lipinski definition) is 0. The van der Waals surface area contributed by atoms with Crippen molar-refractivity contribution in [1.82, 2.24) is 9.97 Å². The molecule has 0 radical (unpaired) electrons. The lowest BCUT2D eigenvalue weighted by Crippen LogP contribution is -1.83. The molecule has 0 N–H and O–H groups in total. The van der Waals surface area contributed by atoms with Crippen LogP contribution in [0.1, 0.15) is 21.1 Å². The van der Waals surface area contributed by atoms with Crippen molar-refractivity contribution in [3.8, 4) is 12.1 Å². The van der Waals surface area contributed by atoms with Gasteiger partial charge in [0.25, 0.3) is 0 Å². The molecule has 150 valence electrons. The van der Waals surface area contributed by atoms with Gasteiger partial charge in [-0.05, 0) is 47.5 Å². The first-order valence-electron chi connectivity index (χ1n) is 9.79. The minimum absolute atomic E-state index is 0.529. The van der Waals surface area contributed by atoms with Crippen LogP contribution in [-0.4, -0.2) is 9.97 Å². The molecule has 0 spiro atoms. The van der Waals surface area contributed by atoms with Gasteiger partial charge in [-0.1, -0.05) is 48.5 Å². The predicted molar refractivity (Wildman–Crippen MR) is 133 cm³/mol. The molecule has 32 heavy (non-hydrogen) atoms. The van der Waals surface area contributed by atoms with Crippen molar-refractivity contribution in [2.24, 2.45) is 0 Å². The Bertz CT molecular complexity index is 1400. The summed E-state index contributed by atoms with van der Waals surface area (Å²) in [7, 11) is 0. The first-order valence-corrected chi connectivity index (χ1v) is 11.4. The molecule has 4 nitrogen and oxygen atoms in total. The standard InChI is InChI=1S/C26H14N4S2/c27-15-19(25-29-21-5-1-3-7-23(21)31-25)13-17-9-11-18(12-10-17)14-20(16-28)26-30-22-6-2-4-8-24(22)32-26/h1-14H/b19-13-,20-14+. The molecule has 0 fully saturated rings. The Morgan fingerprint density at radius 1 is 0.625 bits per heavy atom. The highest BCUT2D eigenvalue weighted by molar-refractivity contribution is 7.20. The van der Waals surface area contributed by atoms with Gasteiger partial charge >= 0.3 is 0 Å². The summed E-state index contributed by atoms with van der Waals surface area (Å²) in [6.45, 7) is 0. The molecule has 2 heterocycles. The maximum absolute atomic E-state index is 9.65. The molecule has 5 aromatic rings. The van der Waals surface area contributed by atoms with E-state index in [4.69, 9.17) is 0 Å². The van der Waals surface area contributed by atoms with E-state index < -0.39 is 0 Å². The normalized spacial score (nSPS) is 12.1. The van der Waals surface area contributed by atoms with E-state index in [2.05, 4.69) is 22.1 Å². The molecule has 5 rings (SSSR count). The van der Waals surface area contributed by atoms with Crippen LogP contribution in [0.25, 0.3) is 43.7 Å². The number of rotatable bonds is 4. The van der Waals surface area contributed by atoms with Crippen molar-refractivity contribution in [1.29, 1.82) is 10.5 Å². The average molecular weight is 447 g/mol. The molecule has 0 aliphatic carbocycles. The molecule has 0 saturated carbocycles. The van der Waals surface area contributed by atoms with Crippen molar-refractivity contribution in [2.45, 2.75) is 0 Å². The fraction of sp³-hybridized carbons (Fsp3) is 0. The fourth-order valence-corrected chi connectivity index (χ4v) is 5.14. The van der Waals surface area contributed by atoms with Gasteiger partial charge < -0.3 is 0 Å². The molecule has 6 heteroatoms. The quantitative estimate of drug-likeness (QED) is 0.278. The summed E-state index contributed by atoms with van der Waals surface area (Å²) < 4.78 is 2.12. The molecule has 0 bridgehead atoms. The van der Waals surface area contributed by atoms with E-state index in [9.17, 15) is 10.5 Å². The summed E-state index contributed by atoms with van der Waals surface area (Å²) >= 11 is 3.02. The Balaban J connectivity index is 1.43. The maximum Gasteiger partial charge on any atom is 0.135 e.